The maximum atomic E-state index is 14.0. The Morgan fingerprint density at radius 2 is 1.91 bits per heavy atom. The van der Waals surface area contributed by atoms with Crippen molar-refractivity contribution < 1.29 is 19.5 Å². The average Bonchev–Trinajstić information content (AvgIpc) is 3.36. The van der Waals surface area contributed by atoms with E-state index in [0.717, 1.165) is 32.1 Å². The van der Waals surface area contributed by atoms with Crippen molar-refractivity contribution in [1.29, 1.82) is 0 Å². The van der Waals surface area contributed by atoms with Crippen molar-refractivity contribution in [3.05, 3.63) is 0 Å². The number of carbonyl (C=O) groups is 3. The van der Waals surface area contributed by atoms with Crippen molar-refractivity contribution in [2.45, 2.75) is 93.8 Å². The first-order valence-electron chi connectivity index (χ1n) is 12.4. The molecule has 3 amide bonds. The molecule has 180 valence electrons. The third-order valence-electron chi connectivity index (χ3n) is 8.28. The number of thioether (sulfide) groups is 1. The fourth-order valence-corrected chi connectivity index (χ4v) is 9.37. The highest BCUT2D eigenvalue weighted by atomic mass is 32.2. The van der Waals surface area contributed by atoms with Gasteiger partial charge in [-0.2, -0.15) is 0 Å². The summed E-state index contributed by atoms with van der Waals surface area (Å²) in [5.41, 5.74) is 0. The molecule has 0 aromatic rings. The molecule has 1 spiro atoms. The van der Waals surface area contributed by atoms with Gasteiger partial charge in [-0.05, 0) is 37.5 Å². The van der Waals surface area contributed by atoms with Crippen molar-refractivity contribution >= 4 is 29.5 Å². The van der Waals surface area contributed by atoms with E-state index in [0.29, 0.717) is 6.42 Å². The maximum Gasteiger partial charge on any atom is 0.244 e. The fourth-order valence-electron chi connectivity index (χ4n) is 6.97. The van der Waals surface area contributed by atoms with E-state index in [1.54, 1.807) is 23.7 Å². The van der Waals surface area contributed by atoms with Gasteiger partial charge in [0.1, 0.15) is 6.04 Å². The largest absolute Gasteiger partial charge is 0.394 e. The first-order chi connectivity index (χ1) is 15.3. The van der Waals surface area contributed by atoms with Crippen LogP contribution in [0.4, 0.5) is 0 Å². The van der Waals surface area contributed by atoms with Gasteiger partial charge in [0.2, 0.25) is 17.7 Å². The van der Waals surface area contributed by atoms with Crippen LogP contribution in [0.15, 0.2) is 0 Å². The number of carbonyl (C=O) groups excluding carboxylic acids is 3. The Morgan fingerprint density at radius 3 is 2.50 bits per heavy atom. The van der Waals surface area contributed by atoms with Gasteiger partial charge in [0.05, 0.1) is 29.2 Å². The molecule has 1 aliphatic carbocycles. The number of aliphatic hydroxyl groups is 1. The predicted molar refractivity (Wildman–Crippen MR) is 125 cm³/mol. The fraction of sp³-hybridized carbons (Fsp3) is 0.875. The second-order valence-electron chi connectivity index (χ2n) is 10.7. The number of aliphatic hydroxyl groups excluding tert-OH is 1. The Hall–Kier alpha value is -1.28. The Balaban J connectivity index is 1.74. The number of amides is 3. The zero-order chi connectivity index (χ0) is 23.2. The van der Waals surface area contributed by atoms with E-state index in [2.05, 4.69) is 31.4 Å². The van der Waals surface area contributed by atoms with Crippen LogP contribution in [0.25, 0.3) is 0 Å². The second kappa shape index (κ2) is 9.16. The molecule has 7 atom stereocenters. The number of nitrogens with one attached hydrogen (secondary N) is 2. The summed E-state index contributed by atoms with van der Waals surface area (Å²) in [6, 6.07) is -0.908. The third kappa shape index (κ3) is 3.65. The number of fused-ring (bicyclic) bond motifs is 1. The predicted octanol–water partition coefficient (Wildman–Crippen LogP) is 1.93. The van der Waals surface area contributed by atoms with Crippen molar-refractivity contribution in [3.8, 4) is 0 Å². The third-order valence-corrected chi connectivity index (χ3v) is 10.4. The topological polar surface area (TPSA) is 98.7 Å². The minimum atomic E-state index is -0.641. The molecule has 1 saturated carbocycles. The van der Waals surface area contributed by atoms with Crippen LogP contribution in [0.1, 0.15) is 65.7 Å². The monoisotopic (exact) mass is 465 g/mol. The van der Waals surface area contributed by atoms with Gasteiger partial charge in [0, 0.05) is 18.3 Å². The van der Waals surface area contributed by atoms with Crippen molar-refractivity contribution in [2.24, 2.45) is 23.7 Å². The highest BCUT2D eigenvalue weighted by molar-refractivity contribution is 8.02. The van der Waals surface area contributed by atoms with E-state index in [9.17, 15) is 19.5 Å². The summed E-state index contributed by atoms with van der Waals surface area (Å²) < 4.78 is -0.609. The van der Waals surface area contributed by atoms with E-state index in [4.69, 9.17) is 0 Å². The minimum Gasteiger partial charge on any atom is -0.394 e. The smallest absolute Gasteiger partial charge is 0.244 e. The number of hydrogen-bond acceptors (Lipinski definition) is 5. The van der Waals surface area contributed by atoms with Crippen LogP contribution in [-0.2, 0) is 14.4 Å². The summed E-state index contributed by atoms with van der Waals surface area (Å²) in [6.45, 7) is 6.09. The lowest BCUT2D eigenvalue weighted by molar-refractivity contribution is -0.143. The molecular weight excluding hydrogens is 426 g/mol. The molecule has 4 aliphatic rings. The summed E-state index contributed by atoms with van der Waals surface area (Å²) in [6.07, 6.45) is 6.85. The first-order valence-corrected chi connectivity index (χ1v) is 13.3. The molecule has 3 heterocycles. The summed E-state index contributed by atoms with van der Waals surface area (Å²) in [5.74, 6) is -0.816. The lowest BCUT2D eigenvalue weighted by Crippen LogP contribution is -2.60. The first kappa shape index (κ1) is 23.9. The Morgan fingerprint density at radius 1 is 1.22 bits per heavy atom. The van der Waals surface area contributed by atoms with Gasteiger partial charge in [-0.1, -0.05) is 40.0 Å². The lowest BCUT2D eigenvalue weighted by Gasteiger charge is -2.41. The highest BCUT2D eigenvalue weighted by Gasteiger charge is 2.76. The molecule has 3 unspecified atom stereocenters. The second-order valence-corrected chi connectivity index (χ2v) is 12.3. The number of nitrogens with zero attached hydrogens (tertiary/aromatic N) is 1. The molecular formula is C24H39N3O4S. The Bertz CT molecular complexity index is 756. The molecule has 32 heavy (non-hydrogen) atoms. The molecule has 7 nitrogen and oxygen atoms in total. The van der Waals surface area contributed by atoms with Crippen LogP contribution in [0, 0.1) is 23.7 Å². The summed E-state index contributed by atoms with van der Waals surface area (Å²) in [5, 5.41) is 16.4. The number of rotatable bonds is 7. The van der Waals surface area contributed by atoms with E-state index in [1.807, 2.05) is 0 Å². The Labute approximate surface area is 195 Å². The van der Waals surface area contributed by atoms with Crippen LogP contribution in [0.5, 0.6) is 0 Å². The highest BCUT2D eigenvalue weighted by Crippen LogP contribution is 2.68. The van der Waals surface area contributed by atoms with E-state index < -0.39 is 28.7 Å². The molecule has 4 rings (SSSR count). The van der Waals surface area contributed by atoms with Crippen molar-refractivity contribution in [2.75, 3.05) is 13.7 Å². The molecule has 0 aromatic carbocycles. The van der Waals surface area contributed by atoms with Crippen LogP contribution in [0.2, 0.25) is 0 Å². The van der Waals surface area contributed by atoms with E-state index >= 15 is 0 Å². The molecule has 4 fully saturated rings. The molecule has 3 N–H and O–H groups in total. The van der Waals surface area contributed by atoms with Gasteiger partial charge in [-0.25, -0.2) is 0 Å². The maximum absolute atomic E-state index is 14.0. The summed E-state index contributed by atoms with van der Waals surface area (Å²) >= 11 is 1.70. The van der Waals surface area contributed by atoms with E-state index in [1.165, 1.54) is 6.42 Å². The molecule has 3 aliphatic heterocycles. The van der Waals surface area contributed by atoms with Crippen LogP contribution >= 0.6 is 11.8 Å². The van der Waals surface area contributed by atoms with Crippen molar-refractivity contribution in [3.63, 3.8) is 0 Å². The average molecular weight is 466 g/mol. The molecule has 8 heteroatoms. The summed E-state index contributed by atoms with van der Waals surface area (Å²) in [4.78, 5) is 42.4. The summed E-state index contributed by atoms with van der Waals surface area (Å²) in [7, 11) is 1.62. The number of likely N-dealkylation sites (tertiary alicyclic amines) is 1. The van der Waals surface area contributed by atoms with Gasteiger partial charge in [0.25, 0.3) is 0 Å². The zero-order valence-electron chi connectivity index (χ0n) is 19.8. The van der Waals surface area contributed by atoms with Gasteiger partial charge < -0.3 is 20.6 Å². The zero-order valence-corrected chi connectivity index (χ0v) is 20.6. The van der Waals surface area contributed by atoms with Gasteiger partial charge in [-0.15, -0.1) is 11.8 Å². The van der Waals surface area contributed by atoms with Gasteiger partial charge >= 0.3 is 0 Å². The van der Waals surface area contributed by atoms with E-state index in [-0.39, 0.29) is 47.5 Å². The molecule has 2 bridgehead atoms. The van der Waals surface area contributed by atoms with Gasteiger partial charge in [-0.3, -0.25) is 14.4 Å². The molecule has 3 saturated heterocycles. The SMILES string of the molecule is CNC(=O)[C@@H]1[C@H]2C(=O)N([C@@H](CO)CC(C)C)C(C(=O)NC3CCCCC3)C23S[C@@H]1CC3C. The van der Waals surface area contributed by atoms with Crippen LogP contribution in [0.3, 0.4) is 0 Å². The minimum absolute atomic E-state index is 0.0590. The normalized spacial score (nSPS) is 37.6. The lowest BCUT2D eigenvalue weighted by atomic mass is 9.66. The van der Waals surface area contributed by atoms with Gasteiger partial charge in [0.15, 0.2) is 0 Å². The van der Waals surface area contributed by atoms with Crippen LogP contribution in [-0.4, -0.2) is 69.5 Å². The quantitative estimate of drug-likeness (QED) is 0.534. The van der Waals surface area contributed by atoms with Crippen molar-refractivity contribution in [1.82, 2.24) is 15.5 Å². The van der Waals surface area contributed by atoms with Crippen LogP contribution < -0.4 is 10.6 Å². The Kier molecular flexibility index (Phi) is 6.83. The standard InChI is InChI=1S/C24H39N3O4S/c1-13(2)10-16(12-28)27-20(22(30)26-15-8-6-5-7-9-15)24-14(3)11-17(32-24)18(21(29)25-4)19(24)23(27)31/h13-20,28H,5-12H2,1-4H3,(H,25,29)(H,26,30)/t14?,16-,17-,18+,19+,20?,24?/m1/s1. The molecule has 0 aromatic heterocycles. The molecule has 0 radical (unpaired) electrons. The number of hydrogen-bond donors (Lipinski definition) is 3.